The number of benzene rings is 1. The Hall–Kier alpha value is -2.61. The molecule has 8 nitrogen and oxygen atoms in total. The van der Waals surface area contributed by atoms with Crippen molar-refractivity contribution in [2.75, 3.05) is 7.11 Å². The molecule has 0 aromatic heterocycles. The summed E-state index contributed by atoms with van der Waals surface area (Å²) < 4.78 is 10.0. The third kappa shape index (κ3) is 9.26. The molecule has 1 aromatic rings. The van der Waals surface area contributed by atoms with Gasteiger partial charge in [0.1, 0.15) is 11.6 Å². The highest BCUT2D eigenvalue weighted by molar-refractivity contribution is 5.87. The third-order valence-electron chi connectivity index (χ3n) is 4.16. The minimum Gasteiger partial charge on any atom is -0.467 e. The lowest BCUT2D eigenvalue weighted by atomic mass is 9.99. The van der Waals surface area contributed by atoms with Crippen LogP contribution in [-0.2, 0) is 25.5 Å². The molecule has 0 aliphatic carbocycles. The van der Waals surface area contributed by atoms with Gasteiger partial charge in [-0.3, -0.25) is 4.79 Å². The summed E-state index contributed by atoms with van der Waals surface area (Å²) in [5.74, 6) is -1.25. The van der Waals surface area contributed by atoms with Crippen molar-refractivity contribution in [3.8, 4) is 0 Å². The number of aliphatic hydroxyl groups is 1. The zero-order chi connectivity index (χ0) is 22.9. The molecule has 2 amide bonds. The van der Waals surface area contributed by atoms with E-state index in [9.17, 15) is 19.5 Å². The van der Waals surface area contributed by atoms with Gasteiger partial charge in [-0.05, 0) is 45.1 Å². The number of alkyl carbamates (subject to hydrolysis) is 1. The number of amides is 2. The van der Waals surface area contributed by atoms with Crippen molar-refractivity contribution in [2.45, 2.75) is 71.2 Å². The summed E-state index contributed by atoms with van der Waals surface area (Å²) in [6.45, 7) is 8.96. The van der Waals surface area contributed by atoms with Gasteiger partial charge in [-0.2, -0.15) is 0 Å². The second-order valence-electron chi connectivity index (χ2n) is 8.60. The Labute approximate surface area is 178 Å². The van der Waals surface area contributed by atoms with Crippen LogP contribution in [0.3, 0.4) is 0 Å². The predicted molar refractivity (Wildman–Crippen MR) is 113 cm³/mol. The molecule has 3 N–H and O–H groups in total. The van der Waals surface area contributed by atoms with Crippen LogP contribution >= 0.6 is 0 Å². The van der Waals surface area contributed by atoms with Gasteiger partial charge >= 0.3 is 12.1 Å². The molecular weight excluding hydrogens is 388 g/mol. The highest BCUT2D eigenvalue weighted by atomic mass is 16.6. The lowest BCUT2D eigenvalue weighted by Gasteiger charge is -2.27. The second kappa shape index (κ2) is 11.5. The molecule has 0 aliphatic rings. The molecule has 8 heteroatoms. The largest absolute Gasteiger partial charge is 0.467 e. The van der Waals surface area contributed by atoms with Crippen molar-refractivity contribution in [3.63, 3.8) is 0 Å². The van der Waals surface area contributed by atoms with E-state index in [2.05, 4.69) is 10.6 Å². The summed E-state index contributed by atoms with van der Waals surface area (Å²) in [6, 6.07) is 7.28. The van der Waals surface area contributed by atoms with E-state index < -0.39 is 41.8 Å². The smallest absolute Gasteiger partial charge is 0.407 e. The molecule has 0 saturated heterocycles. The van der Waals surface area contributed by atoms with Crippen molar-refractivity contribution in [1.82, 2.24) is 10.6 Å². The number of aliphatic hydroxyl groups excluding tert-OH is 1. The SMILES string of the molecule is COC(=O)[C@H](CC(C)C)NC(=O)[C@@H](O)[C@@H](Cc1ccccc1)NC(=O)OC(C)(C)C. The molecule has 0 heterocycles. The Morgan fingerprint density at radius 2 is 1.67 bits per heavy atom. The first-order valence-electron chi connectivity index (χ1n) is 10.0. The van der Waals surface area contributed by atoms with Crippen LogP contribution in [0, 0.1) is 5.92 Å². The Balaban J connectivity index is 2.98. The topological polar surface area (TPSA) is 114 Å². The highest BCUT2D eigenvalue weighted by Crippen LogP contribution is 2.12. The quantitative estimate of drug-likeness (QED) is 0.526. The van der Waals surface area contributed by atoms with Gasteiger partial charge < -0.3 is 25.2 Å². The van der Waals surface area contributed by atoms with E-state index in [1.807, 2.05) is 44.2 Å². The van der Waals surface area contributed by atoms with Crippen LogP contribution < -0.4 is 10.6 Å². The number of ether oxygens (including phenoxy) is 2. The van der Waals surface area contributed by atoms with Crippen molar-refractivity contribution in [3.05, 3.63) is 35.9 Å². The summed E-state index contributed by atoms with van der Waals surface area (Å²) >= 11 is 0. The predicted octanol–water partition coefficient (Wildman–Crippen LogP) is 2.19. The number of esters is 1. The van der Waals surface area contributed by atoms with Gasteiger partial charge in [-0.1, -0.05) is 44.2 Å². The van der Waals surface area contributed by atoms with E-state index >= 15 is 0 Å². The summed E-state index contributed by atoms with van der Waals surface area (Å²) in [5, 5.41) is 15.8. The number of nitrogens with one attached hydrogen (secondary N) is 2. The summed E-state index contributed by atoms with van der Waals surface area (Å²) in [7, 11) is 1.24. The average Bonchev–Trinajstić information content (AvgIpc) is 2.64. The van der Waals surface area contributed by atoms with E-state index in [1.165, 1.54) is 7.11 Å². The fraction of sp³-hybridized carbons (Fsp3) is 0.591. The van der Waals surface area contributed by atoms with Crippen molar-refractivity contribution in [1.29, 1.82) is 0 Å². The molecule has 0 aliphatic heterocycles. The Morgan fingerprint density at radius 3 is 2.17 bits per heavy atom. The fourth-order valence-corrected chi connectivity index (χ4v) is 2.84. The minimum atomic E-state index is -1.60. The van der Waals surface area contributed by atoms with Gasteiger partial charge in [0.05, 0.1) is 13.2 Å². The maximum atomic E-state index is 12.7. The standard InChI is InChI=1S/C22H34N2O6/c1-14(2)12-17(20(27)29-6)23-19(26)18(25)16(13-15-10-8-7-9-11-15)24-21(28)30-22(3,4)5/h7-11,14,16-18,25H,12-13H2,1-6H3,(H,23,26)(H,24,28)/t16-,17+,18+/m1/s1. The van der Waals surface area contributed by atoms with Crippen molar-refractivity contribution in [2.24, 2.45) is 5.92 Å². The molecular formula is C22H34N2O6. The first-order valence-corrected chi connectivity index (χ1v) is 10.0. The fourth-order valence-electron chi connectivity index (χ4n) is 2.84. The first-order chi connectivity index (χ1) is 13.9. The second-order valence-corrected chi connectivity index (χ2v) is 8.60. The summed E-state index contributed by atoms with van der Waals surface area (Å²) in [5.41, 5.74) is 0.0825. The summed E-state index contributed by atoms with van der Waals surface area (Å²) in [4.78, 5) is 36.9. The van der Waals surface area contributed by atoms with Gasteiger partial charge in [-0.25, -0.2) is 9.59 Å². The molecule has 168 valence electrons. The molecule has 0 bridgehead atoms. The van der Waals surface area contributed by atoms with Gasteiger partial charge in [0, 0.05) is 0 Å². The number of carbonyl (C=O) groups is 3. The van der Waals surface area contributed by atoms with Crippen LogP contribution in [0.5, 0.6) is 0 Å². The number of carbonyl (C=O) groups excluding carboxylic acids is 3. The average molecular weight is 423 g/mol. The van der Waals surface area contributed by atoms with Gasteiger partial charge in [0.2, 0.25) is 0 Å². The van der Waals surface area contributed by atoms with E-state index in [1.54, 1.807) is 20.8 Å². The van der Waals surface area contributed by atoms with Crippen LogP contribution in [-0.4, -0.2) is 54.0 Å². The highest BCUT2D eigenvalue weighted by Gasteiger charge is 2.32. The summed E-state index contributed by atoms with van der Waals surface area (Å²) in [6.07, 6.45) is -1.80. The molecule has 1 aromatic carbocycles. The van der Waals surface area contributed by atoms with Crippen LogP contribution in [0.2, 0.25) is 0 Å². The maximum absolute atomic E-state index is 12.7. The molecule has 0 unspecified atom stereocenters. The molecule has 0 saturated carbocycles. The Morgan fingerprint density at radius 1 is 1.07 bits per heavy atom. The van der Waals surface area contributed by atoms with Crippen LogP contribution in [0.4, 0.5) is 4.79 Å². The minimum absolute atomic E-state index is 0.117. The van der Waals surface area contributed by atoms with E-state index in [4.69, 9.17) is 9.47 Å². The van der Waals surface area contributed by atoms with E-state index in [-0.39, 0.29) is 12.3 Å². The third-order valence-corrected chi connectivity index (χ3v) is 4.16. The number of hydrogen-bond donors (Lipinski definition) is 3. The molecule has 0 radical (unpaired) electrons. The van der Waals surface area contributed by atoms with Crippen LogP contribution in [0.15, 0.2) is 30.3 Å². The zero-order valence-corrected chi connectivity index (χ0v) is 18.6. The lowest BCUT2D eigenvalue weighted by molar-refractivity contribution is -0.147. The van der Waals surface area contributed by atoms with Gasteiger partial charge in [0.15, 0.2) is 6.10 Å². The number of hydrogen-bond acceptors (Lipinski definition) is 6. The van der Waals surface area contributed by atoms with E-state index in [0.29, 0.717) is 6.42 Å². The molecule has 0 fully saturated rings. The Bertz CT molecular complexity index is 699. The molecule has 30 heavy (non-hydrogen) atoms. The van der Waals surface area contributed by atoms with Gasteiger partial charge in [0.25, 0.3) is 5.91 Å². The van der Waals surface area contributed by atoms with Crippen LogP contribution in [0.1, 0.15) is 46.6 Å². The number of methoxy groups -OCH3 is 1. The zero-order valence-electron chi connectivity index (χ0n) is 18.6. The normalized spacial score (nSPS) is 14.4. The monoisotopic (exact) mass is 422 g/mol. The maximum Gasteiger partial charge on any atom is 0.407 e. The van der Waals surface area contributed by atoms with Gasteiger partial charge in [-0.15, -0.1) is 0 Å². The first kappa shape index (κ1) is 25.4. The molecule has 1 rings (SSSR count). The van der Waals surface area contributed by atoms with E-state index in [0.717, 1.165) is 5.56 Å². The number of rotatable bonds is 9. The molecule has 0 spiro atoms. The van der Waals surface area contributed by atoms with Crippen molar-refractivity contribution < 1.29 is 29.0 Å². The molecule has 3 atom stereocenters. The van der Waals surface area contributed by atoms with Crippen LogP contribution in [0.25, 0.3) is 0 Å². The Kier molecular flexibility index (Phi) is 9.78. The van der Waals surface area contributed by atoms with Crippen molar-refractivity contribution >= 4 is 18.0 Å². The lowest BCUT2D eigenvalue weighted by Crippen LogP contribution is -2.55.